The Balaban J connectivity index is 1.94. The van der Waals surface area contributed by atoms with E-state index < -0.39 is 10.2 Å². The maximum Gasteiger partial charge on any atom is 0.304 e. The molecule has 2 heterocycles. The number of nitrogens with zero attached hydrogens (tertiary/aromatic N) is 2. The molecule has 0 spiro atoms. The van der Waals surface area contributed by atoms with E-state index in [0.717, 1.165) is 43.4 Å². The minimum absolute atomic E-state index is 0.137. The molecule has 0 saturated carbocycles. The summed E-state index contributed by atoms with van der Waals surface area (Å²) in [5.74, 6) is 0. The fourth-order valence-corrected chi connectivity index (χ4v) is 5.02. The van der Waals surface area contributed by atoms with Gasteiger partial charge in [-0.1, -0.05) is 31.0 Å². The first-order valence-corrected chi connectivity index (χ1v) is 9.10. The molecule has 1 atom stereocenters. The van der Waals surface area contributed by atoms with Gasteiger partial charge in [0.25, 0.3) is 0 Å². The highest BCUT2D eigenvalue weighted by Gasteiger charge is 2.35. The molecule has 21 heavy (non-hydrogen) atoms. The van der Waals surface area contributed by atoms with Gasteiger partial charge < -0.3 is 5.73 Å². The molecule has 6 heteroatoms. The molecule has 1 saturated heterocycles. The van der Waals surface area contributed by atoms with Crippen LogP contribution in [0.4, 0.5) is 5.69 Å². The first kappa shape index (κ1) is 14.8. The van der Waals surface area contributed by atoms with Crippen molar-refractivity contribution < 1.29 is 8.42 Å². The molecule has 2 aliphatic rings. The van der Waals surface area contributed by atoms with E-state index >= 15 is 0 Å². The standard InChI is InChI=1S/C15H23N3O2S/c16-14-11-13-7-3-4-8-15(13)18(12-14)21(19,20)17-9-5-1-2-6-10-17/h3-4,7-8,14H,1-2,5-6,9-12,16H2. The van der Waals surface area contributed by atoms with Crippen molar-refractivity contribution in [3.63, 3.8) is 0 Å². The number of nitrogens with two attached hydrogens (primary N) is 1. The maximum atomic E-state index is 13.0. The third-order valence-electron chi connectivity index (χ3n) is 4.31. The molecule has 5 nitrogen and oxygen atoms in total. The predicted molar refractivity (Wildman–Crippen MR) is 84.4 cm³/mol. The largest absolute Gasteiger partial charge is 0.326 e. The Bertz CT molecular complexity index is 595. The van der Waals surface area contributed by atoms with Gasteiger partial charge in [-0.25, -0.2) is 0 Å². The molecule has 2 N–H and O–H groups in total. The van der Waals surface area contributed by atoms with Crippen LogP contribution in [0.3, 0.4) is 0 Å². The second-order valence-corrected chi connectivity index (χ2v) is 7.80. The molecule has 3 rings (SSSR count). The topological polar surface area (TPSA) is 66.6 Å². The van der Waals surface area contributed by atoms with Crippen LogP contribution in [0, 0.1) is 0 Å². The first-order chi connectivity index (χ1) is 10.1. The highest BCUT2D eigenvalue weighted by Crippen LogP contribution is 2.30. The third-order valence-corrected chi connectivity index (χ3v) is 6.23. The van der Waals surface area contributed by atoms with Gasteiger partial charge in [0.05, 0.1) is 12.2 Å². The van der Waals surface area contributed by atoms with E-state index in [1.54, 1.807) is 4.31 Å². The molecule has 0 aromatic heterocycles. The number of hydrogen-bond acceptors (Lipinski definition) is 3. The van der Waals surface area contributed by atoms with Gasteiger partial charge in [-0.2, -0.15) is 12.7 Å². The lowest BCUT2D eigenvalue weighted by atomic mass is 10.0. The van der Waals surface area contributed by atoms with E-state index in [9.17, 15) is 8.42 Å². The summed E-state index contributed by atoms with van der Waals surface area (Å²) in [6, 6.07) is 7.55. The van der Waals surface area contributed by atoms with E-state index in [0.29, 0.717) is 19.6 Å². The van der Waals surface area contributed by atoms with Gasteiger partial charge in [0.1, 0.15) is 0 Å². The van der Waals surface area contributed by atoms with Crippen molar-refractivity contribution in [3.8, 4) is 0 Å². The highest BCUT2D eigenvalue weighted by molar-refractivity contribution is 7.90. The Labute approximate surface area is 126 Å². The molecular formula is C15H23N3O2S. The lowest BCUT2D eigenvalue weighted by Gasteiger charge is -2.36. The van der Waals surface area contributed by atoms with Crippen molar-refractivity contribution in [2.45, 2.75) is 38.1 Å². The van der Waals surface area contributed by atoms with E-state index in [-0.39, 0.29) is 6.04 Å². The van der Waals surface area contributed by atoms with Crippen molar-refractivity contribution in [2.75, 3.05) is 23.9 Å². The summed E-state index contributed by atoms with van der Waals surface area (Å²) in [4.78, 5) is 0. The number of fused-ring (bicyclic) bond motifs is 1. The quantitative estimate of drug-likeness (QED) is 0.900. The number of para-hydroxylation sites is 1. The third kappa shape index (κ3) is 2.93. The van der Waals surface area contributed by atoms with Crippen LogP contribution < -0.4 is 10.0 Å². The van der Waals surface area contributed by atoms with E-state index in [1.807, 2.05) is 24.3 Å². The van der Waals surface area contributed by atoms with Crippen molar-refractivity contribution >= 4 is 15.9 Å². The average Bonchev–Trinajstić information content (AvgIpc) is 2.76. The van der Waals surface area contributed by atoms with Gasteiger partial charge in [-0.3, -0.25) is 4.31 Å². The average molecular weight is 309 g/mol. The lowest BCUT2D eigenvalue weighted by molar-refractivity contribution is 0.418. The number of benzene rings is 1. The fourth-order valence-electron chi connectivity index (χ4n) is 3.22. The zero-order chi connectivity index (χ0) is 14.9. The Morgan fingerprint density at radius 2 is 1.71 bits per heavy atom. The molecule has 0 aliphatic carbocycles. The van der Waals surface area contributed by atoms with Gasteiger partial charge >= 0.3 is 10.2 Å². The number of hydrogen-bond donors (Lipinski definition) is 1. The van der Waals surface area contributed by atoms with E-state index in [4.69, 9.17) is 5.73 Å². The Kier molecular flexibility index (Phi) is 4.19. The summed E-state index contributed by atoms with van der Waals surface area (Å²) in [5.41, 5.74) is 7.89. The van der Waals surface area contributed by atoms with Crippen LogP contribution >= 0.6 is 0 Å². The van der Waals surface area contributed by atoms with Crippen LogP contribution in [0.15, 0.2) is 24.3 Å². The van der Waals surface area contributed by atoms with E-state index in [1.165, 1.54) is 4.31 Å². The molecule has 1 unspecified atom stereocenters. The summed E-state index contributed by atoms with van der Waals surface area (Å²) in [5, 5.41) is 0. The first-order valence-electron chi connectivity index (χ1n) is 7.70. The van der Waals surface area contributed by atoms with Crippen LogP contribution in [0.5, 0.6) is 0 Å². The second kappa shape index (κ2) is 5.94. The van der Waals surface area contributed by atoms with Crippen LogP contribution in [0.1, 0.15) is 31.2 Å². The van der Waals surface area contributed by atoms with Gasteiger partial charge in [0.15, 0.2) is 0 Å². The zero-order valence-corrected chi connectivity index (χ0v) is 13.1. The summed E-state index contributed by atoms with van der Waals surface area (Å²) in [6.45, 7) is 1.61. The molecule has 2 aliphatic heterocycles. The predicted octanol–water partition coefficient (Wildman–Crippen LogP) is 1.50. The van der Waals surface area contributed by atoms with Crippen molar-refractivity contribution in [1.29, 1.82) is 0 Å². The minimum Gasteiger partial charge on any atom is -0.326 e. The van der Waals surface area contributed by atoms with Crippen molar-refractivity contribution in [3.05, 3.63) is 29.8 Å². The minimum atomic E-state index is -3.47. The van der Waals surface area contributed by atoms with Crippen molar-refractivity contribution in [2.24, 2.45) is 5.73 Å². The summed E-state index contributed by atoms with van der Waals surface area (Å²) < 4.78 is 29.1. The van der Waals surface area contributed by atoms with Gasteiger partial charge in [-0.05, 0) is 30.9 Å². The van der Waals surface area contributed by atoms with Gasteiger partial charge in [0.2, 0.25) is 0 Å². The Hall–Kier alpha value is -1.11. The van der Waals surface area contributed by atoms with Gasteiger partial charge in [0, 0.05) is 19.1 Å². The molecule has 1 fully saturated rings. The molecule has 0 bridgehead atoms. The molecular weight excluding hydrogens is 286 g/mol. The normalized spacial score (nSPS) is 24.4. The van der Waals surface area contributed by atoms with Crippen LogP contribution in [0.2, 0.25) is 0 Å². The molecule has 1 aromatic carbocycles. The fraction of sp³-hybridized carbons (Fsp3) is 0.600. The lowest BCUT2D eigenvalue weighted by Crippen LogP contribution is -2.51. The molecule has 0 radical (unpaired) electrons. The van der Waals surface area contributed by atoms with Crippen LogP contribution in [0.25, 0.3) is 0 Å². The van der Waals surface area contributed by atoms with Crippen LogP contribution in [-0.4, -0.2) is 38.4 Å². The number of rotatable bonds is 2. The number of anilines is 1. The molecule has 0 amide bonds. The second-order valence-electron chi connectivity index (χ2n) is 5.95. The summed E-state index contributed by atoms with van der Waals surface area (Å²) >= 11 is 0. The SMILES string of the molecule is NC1Cc2ccccc2N(S(=O)(=O)N2CCCCCC2)C1. The smallest absolute Gasteiger partial charge is 0.304 e. The Morgan fingerprint density at radius 1 is 1.05 bits per heavy atom. The zero-order valence-electron chi connectivity index (χ0n) is 12.2. The van der Waals surface area contributed by atoms with Gasteiger partial charge in [-0.15, -0.1) is 0 Å². The summed E-state index contributed by atoms with van der Waals surface area (Å²) in [7, 11) is -3.47. The Morgan fingerprint density at radius 3 is 2.43 bits per heavy atom. The van der Waals surface area contributed by atoms with Crippen molar-refractivity contribution in [1.82, 2.24) is 4.31 Å². The molecule has 1 aromatic rings. The molecule has 116 valence electrons. The monoisotopic (exact) mass is 309 g/mol. The maximum absolute atomic E-state index is 13.0. The van der Waals surface area contributed by atoms with E-state index in [2.05, 4.69) is 0 Å². The summed E-state index contributed by atoms with van der Waals surface area (Å²) in [6.07, 6.45) is 4.86. The highest BCUT2D eigenvalue weighted by atomic mass is 32.2. The van der Waals surface area contributed by atoms with Crippen LogP contribution in [-0.2, 0) is 16.6 Å².